The molecule has 0 aliphatic carbocycles. The van der Waals surface area contributed by atoms with E-state index in [-0.39, 0.29) is 12.2 Å². The molecule has 0 amide bonds. The monoisotopic (exact) mass is 293 g/mol. The van der Waals surface area contributed by atoms with Crippen LogP contribution in [0.15, 0.2) is 24.3 Å². The second-order valence-corrected chi connectivity index (χ2v) is 7.00. The van der Waals surface area contributed by atoms with Crippen LogP contribution in [0.4, 0.5) is 13.2 Å². The van der Waals surface area contributed by atoms with Gasteiger partial charge in [-0.2, -0.15) is 13.2 Å². The van der Waals surface area contributed by atoms with E-state index in [2.05, 4.69) is 5.32 Å². The molecule has 1 N–H and O–H groups in total. The Morgan fingerprint density at radius 2 is 1.95 bits per heavy atom. The van der Waals surface area contributed by atoms with Crippen LogP contribution >= 0.6 is 0 Å². The second-order valence-electron chi connectivity index (χ2n) is 4.60. The lowest BCUT2D eigenvalue weighted by Crippen LogP contribution is -2.52. The van der Waals surface area contributed by atoms with Gasteiger partial charge in [-0.15, -0.1) is 0 Å². The molecular formula is C12H14F3NO2S. The number of hydrogen-bond acceptors (Lipinski definition) is 3. The Morgan fingerprint density at radius 3 is 2.47 bits per heavy atom. The van der Waals surface area contributed by atoms with Crippen molar-refractivity contribution in [2.45, 2.75) is 17.8 Å². The zero-order chi connectivity index (χ0) is 14.1. The first-order chi connectivity index (χ1) is 8.79. The minimum absolute atomic E-state index is 0.110. The number of halogens is 3. The number of rotatable bonds is 4. The van der Waals surface area contributed by atoms with Crippen molar-refractivity contribution in [3.8, 4) is 0 Å². The molecule has 0 atom stereocenters. The first kappa shape index (κ1) is 14.3. The van der Waals surface area contributed by atoms with E-state index in [0.717, 1.165) is 12.1 Å². The van der Waals surface area contributed by atoms with Crippen LogP contribution in [-0.4, -0.2) is 32.5 Å². The third-order valence-corrected chi connectivity index (χ3v) is 5.30. The topological polar surface area (TPSA) is 46.2 Å². The van der Waals surface area contributed by atoms with Gasteiger partial charge < -0.3 is 5.32 Å². The fourth-order valence-corrected chi connectivity index (χ4v) is 3.44. The second kappa shape index (κ2) is 5.13. The van der Waals surface area contributed by atoms with E-state index in [0.29, 0.717) is 18.7 Å². The van der Waals surface area contributed by atoms with Crippen LogP contribution in [-0.2, 0) is 22.4 Å². The predicted molar refractivity (Wildman–Crippen MR) is 65.6 cm³/mol. The molecule has 2 rings (SSSR count). The average molecular weight is 293 g/mol. The summed E-state index contributed by atoms with van der Waals surface area (Å²) in [6.45, 7) is 0.871. The van der Waals surface area contributed by atoms with Gasteiger partial charge in [-0.3, -0.25) is 0 Å². The lowest BCUT2D eigenvalue weighted by Gasteiger charge is -2.26. The van der Waals surface area contributed by atoms with Gasteiger partial charge in [-0.1, -0.05) is 18.2 Å². The summed E-state index contributed by atoms with van der Waals surface area (Å²) < 4.78 is 61.1. The van der Waals surface area contributed by atoms with E-state index in [1.165, 1.54) is 12.1 Å². The first-order valence-corrected chi connectivity index (χ1v) is 7.59. The van der Waals surface area contributed by atoms with Crippen molar-refractivity contribution >= 4 is 9.84 Å². The molecule has 0 bridgehead atoms. The molecule has 0 radical (unpaired) electrons. The molecule has 7 heteroatoms. The highest BCUT2D eigenvalue weighted by atomic mass is 32.2. The Kier molecular flexibility index (Phi) is 3.87. The molecule has 1 saturated heterocycles. The van der Waals surface area contributed by atoms with Gasteiger partial charge in [0.25, 0.3) is 0 Å². The molecule has 1 fully saturated rings. The van der Waals surface area contributed by atoms with Crippen LogP contribution in [0, 0.1) is 0 Å². The molecule has 0 saturated carbocycles. The van der Waals surface area contributed by atoms with Gasteiger partial charge in [0.05, 0.1) is 16.6 Å². The van der Waals surface area contributed by atoms with Crippen LogP contribution in [0.25, 0.3) is 0 Å². The number of aryl methyl sites for hydroxylation is 1. The van der Waals surface area contributed by atoms with Crippen molar-refractivity contribution in [2.24, 2.45) is 0 Å². The van der Waals surface area contributed by atoms with Gasteiger partial charge in [0.15, 0.2) is 9.84 Å². The Hall–Kier alpha value is -1.08. The van der Waals surface area contributed by atoms with Gasteiger partial charge in [0.1, 0.15) is 0 Å². The Bertz CT molecular complexity index is 550. The maximum atomic E-state index is 12.5. The molecule has 1 aromatic rings. The van der Waals surface area contributed by atoms with Crippen molar-refractivity contribution in [2.75, 3.05) is 18.8 Å². The molecule has 0 aromatic heterocycles. The summed E-state index contributed by atoms with van der Waals surface area (Å²) >= 11 is 0. The normalized spacial score (nSPS) is 17.2. The Balaban J connectivity index is 2.04. The SMILES string of the molecule is O=S(=O)(CCc1cccc(C(F)(F)F)c1)C1CNC1. The predicted octanol–water partition coefficient (Wildman–Crippen LogP) is 1.63. The van der Waals surface area contributed by atoms with Crippen molar-refractivity contribution in [3.63, 3.8) is 0 Å². The molecule has 1 heterocycles. The van der Waals surface area contributed by atoms with Gasteiger partial charge in [0, 0.05) is 13.1 Å². The molecule has 1 aliphatic heterocycles. The number of sulfone groups is 1. The standard InChI is InChI=1S/C12H14F3NO2S/c13-12(14,15)10-3-1-2-9(6-10)4-5-19(17,18)11-7-16-8-11/h1-3,6,11,16H,4-5,7-8H2. The highest BCUT2D eigenvalue weighted by Crippen LogP contribution is 2.29. The highest BCUT2D eigenvalue weighted by molar-refractivity contribution is 7.92. The number of nitrogens with one attached hydrogen (secondary N) is 1. The summed E-state index contributed by atoms with van der Waals surface area (Å²) in [4.78, 5) is 0. The van der Waals surface area contributed by atoms with Crippen LogP contribution in [0.2, 0.25) is 0 Å². The van der Waals surface area contributed by atoms with Crippen LogP contribution < -0.4 is 5.32 Å². The first-order valence-electron chi connectivity index (χ1n) is 5.87. The summed E-state index contributed by atoms with van der Waals surface area (Å²) in [6.07, 6.45) is -4.28. The third-order valence-electron chi connectivity index (χ3n) is 3.18. The van der Waals surface area contributed by atoms with Crippen molar-refractivity contribution < 1.29 is 21.6 Å². The molecule has 0 unspecified atom stereocenters. The molecule has 0 spiro atoms. The molecule has 1 aromatic carbocycles. The van der Waals surface area contributed by atoms with Gasteiger partial charge in [0.2, 0.25) is 0 Å². The summed E-state index contributed by atoms with van der Waals surface area (Å²) in [7, 11) is -3.21. The maximum absolute atomic E-state index is 12.5. The molecule has 3 nitrogen and oxygen atoms in total. The smallest absolute Gasteiger partial charge is 0.314 e. The lowest BCUT2D eigenvalue weighted by molar-refractivity contribution is -0.137. The minimum Gasteiger partial charge on any atom is -0.314 e. The minimum atomic E-state index is -4.40. The molecule has 19 heavy (non-hydrogen) atoms. The zero-order valence-corrected chi connectivity index (χ0v) is 10.9. The van der Waals surface area contributed by atoms with Crippen molar-refractivity contribution in [1.82, 2.24) is 5.32 Å². The summed E-state index contributed by atoms with van der Waals surface area (Å²) in [5.74, 6) is -0.110. The van der Waals surface area contributed by atoms with Crippen LogP contribution in [0.3, 0.4) is 0 Å². The Morgan fingerprint density at radius 1 is 1.26 bits per heavy atom. The lowest BCUT2D eigenvalue weighted by atomic mass is 10.1. The maximum Gasteiger partial charge on any atom is 0.416 e. The fraction of sp³-hybridized carbons (Fsp3) is 0.500. The van der Waals surface area contributed by atoms with Gasteiger partial charge in [-0.25, -0.2) is 8.42 Å². The van der Waals surface area contributed by atoms with E-state index in [1.807, 2.05) is 0 Å². The quantitative estimate of drug-likeness (QED) is 0.918. The summed E-state index contributed by atoms with van der Waals surface area (Å²) in [5, 5.41) is 2.48. The van der Waals surface area contributed by atoms with E-state index in [1.54, 1.807) is 0 Å². The number of hydrogen-bond donors (Lipinski definition) is 1. The zero-order valence-electron chi connectivity index (χ0n) is 10.1. The summed E-state index contributed by atoms with van der Waals surface area (Å²) in [5.41, 5.74) is -0.349. The van der Waals surface area contributed by atoms with Crippen LogP contribution in [0.1, 0.15) is 11.1 Å². The van der Waals surface area contributed by atoms with Crippen LogP contribution in [0.5, 0.6) is 0 Å². The fourth-order valence-electron chi connectivity index (χ4n) is 1.85. The van der Waals surface area contributed by atoms with Crippen molar-refractivity contribution in [3.05, 3.63) is 35.4 Å². The van der Waals surface area contributed by atoms with Gasteiger partial charge >= 0.3 is 6.18 Å². The largest absolute Gasteiger partial charge is 0.416 e. The van der Waals surface area contributed by atoms with E-state index >= 15 is 0 Å². The molecule has 106 valence electrons. The van der Waals surface area contributed by atoms with Crippen molar-refractivity contribution in [1.29, 1.82) is 0 Å². The van der Waals surface area contributed by atoms with E-state index in [4.69, 9.17) is 0 Å². The third kappa shape index (κ3) is 3.48. The highest BCUT2D eigenvalue weighted by Gasteiger charge is 2.32. The van der Waals surface area contributed by atoms with E-state index < -0.39 is 26.8 Å². The molecule has 1 aliphatic rings. The molecular weight excluding hydrogens is 279 g/mol. The average Bonchev–Trinajstić information content (AvgIpc) is 2.23. The number of benzene rings is 1. The summed E-state index contributed by atoms with van der Waals surface area (Å²) in [6, 6.07) is 4.81. The number of alkyl halides is 3. The van der Waals surface area contributed by atoms with E-state index in [9.17, 15) is 21.6 Å². The van der Waals surface area contributed by atoms with Gasteiger partial charge in [-0.05, 0) is 18.1 Å². The Labute approximate surface area is 109 Å².